The second-order valence-electron chi connectivity index (χ2n) is 8.34. The predicted molar refractivity (Wildman–Crippen MR) is 110 cm³/mol. The summed E-state index contributed by atoms with van der Waals surface area (Å²) in [5.74, 6) is 0.182. The summed E-state index contributed by atoms with van der Waals surface area (Å²) in [4.78, 5) is 23.8. The smallest absolute Gasteiger partial charge is 0.254 e. The number of rotatable bonds is 4. The molecule has 1 aliphatic carbocycles. The number of H-pyrrole nitrogens is 1. The Labute approximate surface area is 166 Å². The molecule has 3 heterocycles. The first-order valence-electron chi connectivity index (χ1n) is 10.7. The normalized spacial score (nSPS) is 22.5. The van der Waals surface area contributed by atoms with Crippen LogP contribution in [0, 0.1) is 0 Å². The molecule has 0 atom stereocenters. The van der Waals surface area contributed by atoms with Gasteiger partial charge in [0, 0.05) is 74.5 Å². The fraction of sp³-hybridized carbons (Fsp3) is 0.591. The van der Waals surface area contributed by atoms with Crippen molar-refractivity contribution in [2.75, 3.05) is 52.5 Å². The molecule has 1 N–H and O–H groups in total. The van der Waals surface area contributed by atoms with Gasteiger partial charge in [-0.25, -0.2) is 0 Å². The molecule has 3 aliphatic rings. The first kappa shape index (κ1) is 18.2. The maximum Gasteiger partial charge on any atom is 0.254 e. The number of piperazine rings is 1. The van der Waals surface area contributed by atoms with Crippen molar-refractivity contribution >= 4 is 16.8 Å². The summed E-state index contributed by atoms with van der Waals surface area (Å²) in [5.41, 5.74) is 3.12. The molecule has 1 aromatic heterocycles. The highest BCUT2D eigenvalue weighted by molar-refractivity contribution is 6.07. The van der Waals surface area contributed by atoms with E-state index in [0.29, 0.717) is 0 Å². The molecule has 3 fully saturated rings. The summed E-state index contributed by atoms with van der Waals surface area (Å²) in [5, 5.41) is 1.10. The number of morpholine rings is 1. The SMILES string of the molecule is O=C(c1cccc2[nH]cc(CN3CCOCC3)c12)N1CCN(C2CCC2)CC1. The second-order valence-corrected chi connectivity index (χ2v) is 8.34. The highest BCUT2D eigenvalue weighted by Gasteiger charge is 2.30. The summed E-state index contributed by atoms with van der Waals surface area (Å²) in [6.07, 6.45) is 6.11. The Morgan fingerprint density at radius 1 is 1.07 bits per heavy atom. The minimum absolute atomic E-state index is 0.182. The van der Waals surface area contributed by atoms with E-state index < -0.39 is 0 Å². The van der Waals surface area contributed by atoms with Gasteiger partial charge >= 0.3 is 0 Å². The molecule has 5 rings (SSSR count). The van der Waals surface area contributed by atoms with Gasteiger partial charge in [0.15, 0.2) is 0 Å². The van der Waals surface area contributed by atoms with E-state index >= 15 is 0 Å². The first-order chi connectivity index (χ1) is 13.8. The van der Waals surface area contributed by atoms with Gasteiger partial charge in [-0.05, 0) is 30.5 Å². The van der Waals surface area contributed by atoms with Gasteiger partial charge in [-0.15, -0.1) is 0 Å². The number of aromatic nitrogens is 1. The molecule has 0 bridgehead atoms. The Balaban J connectivity index is 1.34. The molecule has 1 saturated carbocycles. The number of hydrogen-bond acceptors (Lipinski definition) is 4. The molecule has 2 saturated heterocycles. The van der Waals surface area contributed by atoms with Crippen LogP contribution in [-0.2, 0) is 11.3 Å². The van der Waals surface area contributed by atoms with Gasteiger partial charge < -0.3 is 14.6 Å². The Kier molecular flexibility index (Phi) is 5.09. The van der Waals surface area contributed by atoms with Crippen molar-refractivity contribution in [3.63, 3.8) is 0 Å². The third-order valence-corrected chi connectivity index (χ3v) is 6.71. The Hall–Kier alpha value is -1.89. The lowest BCUT2D eigenvalue weighted by Gasteiger charge is -2.43. The van der Waals surface area contributed by atoms with Gasteiger partial charge in [-0.1, -0.05) is 12.5 Å². The molecule has 1 amide bonds. The van der Waals surface area contributed by atoms with Crippen molar-refractivity contribution in [1.29, 1.82) is 0 Å². The van der Waals surface area contributed by atoms with E-state index in [-0.39, 0.29) is 5.91 Å². The fourth-order valence-electron chi connectivity index (χ4n) is 4.77. The molecule has 6 nitrogen and oxygen atoms in total. The Morgan fingerprint density at radius 2 is 1.86 bits per heavy atom. The van der Waals surface area contributed by atoms with E-state index in [2.05, 4.69) is 31.9 Å². The van der Waals surface area contributed by atoms with Crippen molar-refractivity contribution in [3.8, 4) is 0 Å². The standard InChI is InChI=1S/C22H30N4O2/c27-22(26-9-7-25(8-10-26)18-3-1-4-18)19-5-2-6-20-21(19)17(15-23-20)16-24-11-13-28-14-12-24/h2,5-6,15,18,23H,1,3-4,7-14,16H2. The van der Waals surface area contributed by atoms with Gasteiger partial charge in [0.2, 0.25) is 0 Å². The van der Waals surface area contributed by atoms with Gasteiger partial charge in [0.1, 0.15) is 0 Å². The number of amides is 1. The number of aromatic amines is 1. The predicted octanol–water partition coefficient (Wildman–Crippen LogP) is 2.31. The molecule has 1 aromatic carbocycles. The van der Waals surface area contributed by atoms with Crippen molar-refractivity contribution in [2.24, 2.45) is 0 Å². The summed E-state index contributed by atoms with van der Waals surface area (Å²) in [6.45, 7) is 8.06. The molecular formula is C22H30N4O2. The minimum Gasteiger partial charge on any atom is -0.379 e. The lowest BCUT2D eigenvalue weighted by atomic mass is 9.91. The van der Waals surface area contributed by atoms with Crippen LogP contribution in [0.3, 0.4) is 0 Å². The number of hydrogen-bond donors (Lipinski definition) is 1. The van der Waals surface area contributed by atoms with E-state index in [0.717, 1.165) is 81.5 Å². The highest BCUT2D eigenvalue weighted by Crippen LogP contribution is 2.28. The zero-order valence-corrected chi connectivity index (χ0v) is 16.5. The van der Waals surface area contributed by atoms with Crippen LogP contribution in [-0.4, -0.2) is 84.1 Å². The zero-order valence-electron chi connectivity index (χ0n) is 16.5. The van der Waals surface area contributed by atoms with E-state index in [4.69, 9.17) is 4.74 Å². The summed E-state index contributed by atoms with van der Waals surface area (Å²) in [6, 6.07) is 6.84. The molecule has 0 spiro atoms. The average Bonchev–Trinajstić information content (AvgIpc) is 3.11. The van der Waals surface area contributed by atoms with Crippen LogP contribution in [0.25, 0.3) is 10.9 Å². The number of fused-ring (bicyclic) bond motifs is 1. The quantitative estimate of drug-likeness (QED) is 0.882. The lowest BCUT2D eigenvalue weighted by Crippen LogP contribution is -2.53. The fourth-order valence-corrected chi connectivity index (χ4v) is 4.77. The highest BCUT2D eigenvalue weighted by atomic mass is 16.5. The van der Waals surface area contributed by atoms with Crippen molar-refractivity contribution in [2.45, 2.75) is 31.8 Å². The molecule has 28 heavy (non-hydrogen) atoms. The summed E-state index contributed by atoms with van der Waals surface area (Å²) < 4.78 is 5.47. The third kappa shape index (κ3) is 3.45. The molecule has 150 valence electrons. The van der Waals surface area contributed by atoms with Gasteiger partial charge in [0.25, 0.3) is 5.91 Å². The van der Waals surface area contributed by atoms with Gasteiger partial charge in [-0.3, -0.25) is 14.6 Å². The Bertz CT molecular complexity index is 830. The van der Waals surface area contributed by atoms with Crippen LogP contribution in [0.1, 0.15) is 35.2 Å². The van der Waals surface area contributed by atoms with Crippen molar-refractivity contribution < 1.29 is 9.53 Å². The zero-order chi connectivity index (χ0) is 18.9. The molecule has 0 unspecified atom stereocenters. The molecule has 0 radical (unpaired) electrons. The Morgan fingerprint density at radius 3 is 2.57 bits per heavy atom. The van der Waals surface area contributed by atoms with Crippen LogP contribution in [0.15, 0.2) is 24.4 Å². The number of ether oxygens (including phenoxy) is 1. The van der Waals surface area contributed by atoms with E-state index in [1.165, 1.54) is 24.8 Å². The lowest BCUT2D eigenvalue weighted by molar-refractivity contribution is 0.0343. The summed E-state index contributed by atoms with van der Waals surface area (Å²) in [7, 11) is 0. The maximum absolute atomic E-state index is 13.4. The minimum atomic E-state index is 0.182. The van der Waals surface area contributed by atoms with Crippen LogP contribution in [0.2, 0.25) is 0 Å². The third-order valence-electron chi connectivity index (χ3n) is 6.71. The van der Waals surface area contributed by atoms with Crippen LogP contribution >= 0.6 is 0 Å². The largest absolute Gasteiger partial charge is 0.379 e. The van der Waals surface area contributed by atoms with Crippen LogP contribution in [0.5, 0.6) is 0 Å². The molecular weight excluding hydrogens is 352 g/mol. The summed E-state index contributed by atoms with van der Waals surface area (Å²) >= 11 is 0. The second kappa shape index (κ2) is 7.85. The van der Waals surface area contributed by atoms with Gasteiger partial charge in [-0.2, -0.15) is 0 Å². The molecule has 2 aromatic rings. The topological polar surface area (TPSA) is 51.8 Å². The molecule has 2 aliphatic heterocycles. The van der Waals surface area contributed by atoms with E-state index in [1.807, 2.05) is 12.1 Å². The number of carbonyl (C=O) groups is 1. The first-order valence-corrected chi connectivity index (χ1v) is 10.7. The van der Waals surface area contributed by atoms with Crippen LogP contribution < -0.4 is 0 Å². The number of nitrogens with one attached hydrogen (secondary N) is 1. The number of nitrogens with zero attached hydrogens (tertiary/aromatic N) is 3. The number of carbonyl (C=O) groups excluding carboxylic acids is 1. The monoisotopic (exact) mass is 382 g/mol. The molecule has 6 heteroatoms. The van der Waals surface area contributed by atoms with Gasteiger partial charge in [0.05, 0.1) is 13.2 Å². The van der Waals surface area contributed by atoms with Crippen LogP contribution in [0.4, 0.5) is 0 Å². The van der Waals surface area contributed by atoms with Crippen molar-refractivity contribution in [3.05, 3.63) is 35.5 Å². The average molecular weight is 383 g/mol. The van der Waals surface area contributed by atoms with Crippen molar-refractivity contribution in [1.82, 2.24) is 19.7 Å². The maximum atomic E-state index is 13.4. The number of benzene rings is 1. The van der Waals surface area contributed by atoms with E-state index in [1.54, 1.807) is 0 Å². The van der Waals surface area contributed by atoms with E-state index in [9.17, 15) is 4.79 Å².